The van der Waals surface area contributed by atoms with E-state index in [1.807, 2.05) is 112 Å². The Morgan fingerprint density at radius 3 is 1.81 bits per heavy atom. The van der Waals surface area contributed by atoms with Crippen molar-refractivity contribution in [2.75, 3.05) is 0 Å². The third kappa shape index (κ3) is 10.0. The van der Waals surface area contributed by atoms with Gasteiger partial charge in [0.25, 0.3) is 0 Å². The molecule has 0 saturated carbocycles. The molecule has 1 N–H and O–H groups in total. The molecule has 0 atom stereocenters. The van der Waals surface area contributed by atoms with Crippen molar-refractivity contribution in [2.45, 2.75) is 132 Å². The van der Waals surface area contributed by atoms with E-state index >= 15 is 0 Å². The fraction of sp³-hybridized carbons (Fsp3) is 0.323. The van der Waals surface area contributed by atoms with E-state index in [1.165, 1.54) is 5.56 Å². The molecule has 0 bridgehead atoms. The van der Waals surface area contributed by atoms with Gasteiger partial charge in [-0.2, -0.15) is 0 Å². The second kappa shape index (κ2) is 18.5. The molecule has 8 rings (SSSR count). The summed E-state index contributed by atoms with van der Waals surface area (Å²) >= 11 is 0. The van der Waals surface area contributed by atoms with Crippen molar-refractivity contribution >= 4 is 11.0 Å². The summed E-state index contributed by atoms with van der Waals surface area (Å²) < 4.78 is 47.0. The summed E-state index contributed by atoms with van der Waals surface area (Å²) in [4.78, 5) is 10.4. The maximum absolute atomic E-state index is 12.1. The number of rotatable bonds is 8. The molecule has 67 heavy (non-hydrogen) atoms. The van der Waals surface area contributed by atoms with Gasteiger partial charge in [-0.1, -0.05) is 174 Å². The fourth-order valence-corrected chi connectivity index (χ4v) is 8.61. The molecule has 0 spiro atoms. The van der Waals surface area contributed by atoms with Crippen molar-refractivity contribution in [3.8, 4) is 67.5 Å². The molecule has 5 heteroatoms. The molecule has 0 aliphatic heterocycles. The zero-order valence-electron chi connectivity index (χ0n) is 46.7. The summed E-state index contributed by atoms with van der Waals surface area (Å²) in [5.74, 6) is -1.47. The zero-order valence-corrected chi connectivity index (χ0v) is 43.9. The van der Waals surface area contributed by atoms with Crippen LogP contribution in [0.3, 0.4) is 0 Å². The Kier molecular flexibility index (Phi) is 11.8. The maximum atomic E-state index is 12.1. The number of fused-ring (bicyclic) bond motifs is 1. The molecule has 0 unspecified atom stereocenters. The van der Waals surface area contributed by atoms with Gasteiger partial charge in [-0.05, 0) is 128 Å². The van der Waals surface area contributed by atoms with Crippen LogP contribution in [0.25, 0.3) is 72.7 Å². The molecule has 8 aromatic rings. The molecule has 2 aromatic heterocycles. The van der Waals surface area contributed by atoms with Crippen molar-refractivity contribution < 1.29 is 33.0 Å². The third-order valence-electron chi connectivity index (χ3n) is 12.9. The number of phenolic OH excluding ortho intramolecular Hbond substituents is 1. The average Bonchev–Trinajstić information content (AvgIpc) is 3.67. The van der Waals surface area contributed by atoms with Gasteiger partial charge < -0.3 is 5.11 Å². The van der Waals surface area contributed by atoms with Crippen LogP contribution in [0.5, 0.6) is 5.75 Å². The van der Waals surface area contributed by atoms with E-state index in [0.717, 1.165) is 61.3 Å². The molecular weight excluding hydrogens is 998 g/mol. The maximum Gasteiger partial charge on any atom is 0.148 e. The molecule has 0 fully saturated rings. The van der Waals surface area contributed by atoms with Gasteiger partial charge >= 0.3 is 0 Å². The zero-order chi connectivity index (χ0) is 52.0. The minimum absolute atomic E-state index is 0. The van der Waals surface area contributed by atoms with E-state index in [2.05, 4.69) is 111 Å². The molecule has 6 aromatic carbocycles. The summed E-state index contributed by atoms with van der Waals surface area (Å²) in [6.07, 6.45) is 1.85. The van der Waals surface area contributed by atoms with Gasteiger partial charge in [-0.15, -0.1) is 29.3 Å². The van der Waals surface area contributed by atoms with Crippen LogP contribution in [0.2, 0.25) is 0 Å². The largest absolute Gasteiger partial charge is 0.507 e. The summed E-state index contributed by atoms with van der Waals surface area (Å²) in [5.41, 5.74) is 14.0. The van der Waals surface area contributed by atoms with E-state index in [4.69, 9.17) is 16.8 Å². The van der Waals surface area contributed by atoms with Gasteiger partial charge in [-0.25, -0.2) is 4.98 Å². The number of para-hydroxylation sites is 1. The predicted molar refractivity (Wildman–Crippen MR) is 280 cm³/mol. The van der Waals surface area contributed by atoms with E-state index in [-0.39, 0.29) is 48.6 Å². The second-order valence-electron chi connectivity index (χ2n) is 21.6. The first-order valence-corrected chi connectivity index (χ1v) is 23.1. The Labute approximate surface area is 422 Å². The van der Waals surface area contributed by atoms with Crippen molar-refractivity contribution in [3.05, 3.63) is 166 Å². The van der Waals surface area contributed by atoms with Crippen LogP contribution in [-0.4, -0.2) is 19.6 Å². The minimum atomic E-state index is -2.59. The van der Waals surface area contributed by atoms with E-state index < -0.39 is 18.6 Å². The summed E-state index contributed by atoms with van der Waals surface area (Å²) in [6.45, 7) is 26.2. The number of aromatic hydroxyl groups is 1. The van der Waals surface area contributed by atoms with Gasteiger partial charge in [0.1, 0.15) is 11.6 Å². The predicted octanol–water partition coefficient (Wildman–Crippen LogP) is 17.0. The van der Waals surface area contributed by atoms with E-state index in [0.29, 0.717) is 39.2 Å². The van der Waals surface area contributed by atoms with Gasteiger partial charge in [-0.3, -0.25) is 9.55 Å². The third-order valence-corrected chi connectivity index (χ3v) is 12.9. The molecular formula is C62H68N3OPt-. The first-order chi connectivity index (χ1) is 32.8. The van der Waals surface area contributed by atoms with Crippen molar-refractivity contribution in [3.63, 3.8) is 0 Å². The Morgan fingerprint density at radius 1 is 0.597 bits per heavy atom. The van der Waals surface area contributed by atoms with E-state index in [1.54, 1.807) is 6.07 Å². The van der Waals surface area contributed by atoms with Crippen molar-refractivity contribution in [1.82, 2.24) is 14.5 Å². The van der Waals surface area contributed by atoms with Crippen LogP contribution in [0, 0.1) is 19.8 Å². The fourth-order valence-electron chi connectivity index (χ4n) is 8.61. The first kappa shape index (κ1) is 42.8. The standard InChI is InChI=1S/C62H68N3O.Pt/c1-37(2)44-29-45(38(3)4)31-46(30-44)42-21-24-55(39(5)27-42)65-56-18-16-17-52(57(56)64-59(65)53-36-50(61(10,11)12)28-40(6)58(53)66)47-32-48(34-51(33-47)62(13,14)15)54-35-43(25-26-63-54)41-19-22-49(23-20-41)60(7,8)9;/h16-31,33-38,66H,1-15H3;/q-1;/i5D3,37D,38D;. The quantitative estimate of drug-likeness (QED) is 0.154. The van der Waals surface area contributed by atoms with E-state index in [9.17, 15) is 5.11 Å². The number of imidazole rings is 1. The van der Waals surface area contributed by atoms with Crippen LogP contribution >= 0.6 is 0 Å². The van der Waals surface area contributed by atoms with Crippen LogP contribution in [0.1, 0.15) is 148 Å². The molecule has 0 saturated heterocycles. The van der Waals surface area contributed by atoms with Gasteiger partial charge in [0.2, 0.25) is 0 Å². The van der Waals surface area contributed by atoms with Crippen LogP contribution in [0.4, 0.5) is 0 Å². The number of aryl methyl sites for hydroxylation is 2. The van der Waals surface area contributed by atoms with Crippen molar-refractivity contribution in [1.29, 1.82) is 0 Å². The molecule has 2 heterocycles. The summed E-state index contributed by atoms with van der Waals surface area (Å²) in [6, 6.07) is 42.1. The second-order valence-corrected chi connectivity index (χ2v) is 21.6. The number of hydrogen-bond acceptors (Lipinski definition) is 3. The molecule has 0 radical (unpaired) electrons. The number of phenols is 1. The number of aromatic nitrogens is 3. The minimum Gasteiger partial charge on any atom is -0.507 e. The van der Waals surface area contributed by atoms with Crippen molar-refractivity contribution in [2.24, 2.45) is 0 Å². The molecule has 348 valence electrons. The Balaban J connectivity index is 0.00000760. The normalized spacial score (nSPS) is 13.9. The summed E-state index contributed by atoms with van der Waals surface area (Å²) in [5, 5.41) is 12.1. The smallest absolute Gasteiger partial charge is 0.148 e. The number of benzene rings is 6. The van der Waals surface area contributed by atoms with Gasteiger partial charge in [0, 0.05) is 39.8 Å². The number of hydrogen-bond donors (Lipinski definition) is 1. The average molecular weight is 1070 g/mol. The molecule has 0 aliphatic rings. The van der Waals surface area contributed by atoms with Crippen LogP contribution < -0.4 is 0 Å². The topological polar surface area (TPSA) is 50.9 Å². The molecule has 0 amide bonds. The Bertz CT molecular complexity index is 3300. The Hall–Kier alpha value is -5.57. The Morgan fingerprint density at radius 2 is 1.19 bits per heavy atom. The number of nitrogens with zero attached hydrogens (tertiary/aromatic N) is 3. The molecule has 4 nitrogen and oxygen atoms in total. The monoisotopic (exact) mass is 1070 g/mol. The van der Waals surface area contributed by atoms with Crippen LogP contribution in [-0.2, 0) is 37.3 Å². The summed E-state index contributed by atoms with van der Waals surface area (Å²) in [7, 11) is 0. The first-order valence-electron chi connectivity index (χ1n) is 25.6. The SMILES string of the molecule is [2H]C([2H])([2H])c1cc(-c2cc(C([2H])(C)C)cc(C([2H])(C)C)c2)ccc1-n1c(-c2cc(C(C)(C)C)cc(C)c2O)nc2c(-c3[c-]c(-c4cc(-c5ccc(C(C)(C)C)cc5)ccn4)cc(C(C)(C)C)c3)cccc21.[Pt]. The number of pyridine rings is 1. The molecule has 0 aliphatic carbocycles. The van der Waals surface area contributed by atoms with Gasteiger partial charge in [0.05, 0.1) is 22.3 Å². The van der Waals surface area contributed by atoms with Crippen LogP contribution in [0.15, 0.2) is 121 Å². The van der Waals surface area contributed by atoms with Gasteiger partial charge in [0.15, 0.2) is 0 Å².